The molecule has 1 aliphatic heterocycles. The zero-order valence-corrected chi connectivity index (χ0v) is 14.3. The molecule has 1 amide bonds. The fraction of sp³-hybridized carbons (Fsp3) is 0.588. The predicted molar refractivity (Wildman–Crippen MR) is 90.5 cm³/mol. The normalized spacial score (nSPS) is 19.1. The molecule has 1 saturated heterocycles. The van der Waals surface area contributed by atoms with E-state index in [4.69, 9.17) is 4.98 Å². The number of hydrogen-bond donors (Lipinski definition) is 1. The van der Waals surface area contributed by atoms with Gasteiger partial charge in [0.15, 0.2) is 5.82 Å². The lowest BCUT2D eigenvalue weighted by Gasteiger charge is -2.36. The van der Waals surface area contributed by atoms with Crippen LogP contribution in [-0.2, 0) is 4.79 Å². The monoisotopic (exact) mass is 315 g/mol. The third-order valence-electron chi connectivity index (χ3n) is 4.41. The molecule has 0 saturated carbocycles. The van der Waals surface area contributed by atoms with E-state index in [0.29, 0.717) is 0 Å². The van der Waals surface area contributed by atoms with Crippen molar-refractivity contribution in [3.63, 3.8) is 0 Å². The highest BCUT2D eigenvalue weighted by Gasteiger charge is 2.32. The Kier molecular flexibility index (Phi) is 4.00. The Morgan fingerprint density at radius 1 is 1.39 bits per heavy atom. The van der Waals surface area contributed by atoms with E-state index in [1.165, 1.54) is 0 Å². The number of piperidine rings is 1. The van der Waals surface area contributed by atoms with Crippen LogP contribution in [0, 0.1) is 5.41 Å². The van der Waals surface area contributed by atoms with Crippen molar-refractivity contribution < 1.29 is 4.79 Å². The summed E-state index contributed by atoms with van der Waals surface area (Å²) in [5.41, 5.74) is 1.63. The molecule has 0 aliphatic carbocycles. The average molecular weight is 315 g/mol. The largest absolute Gasteiger partial charge is 0.371 e. The van der Waals surface area contributed by atoms with Gasteiger partial charge in [-0.3, -0.25) is 4.79 Å². The van der Waals surface area contributed by atoms with Gasteiger partial charge in [-0.05, 0) is 18.9 Å². The van der Waals surface area contributed by atoms with Gasteiger partial charge in [-0.25, -0.2) is 9.50 Å². The molecule has 0 radical (unpaired) electrons. The van der Waals surface area contributed by atoms with Gasteiger partial charge in [0.2, 0.25) is 5.91 Å². The molecule has 3 rings (SSSR count). The van der Waals surface area contributed by atoms with Crippen molar-refractivity contribution in [2.24, 2.45) is 5.41 Å². The van der Waals surface area contributed by atoms with Gasteiger partial charge in [0, 0.05) is 31.5 Å². The van der Waals surface area contributed by atoms with Crippen LogP contribution in [0.4, 0.5) is 5.82 Å². The summed E-state index contributed by atoms with van der Waals surface area (Å²) in [6.45, 7) is 7.51. The number of carbonyl (C=O) groups excluding carboxylic acids is 1. The Morgan fingerprint density at radius 2 is 2.17 bits per heavy atom. The minimum absolute atomic E-state index is 0.219. The topological polar surface area (TPSA) is 62.5 Å². The lowest BCUT2D eigenvalue weighted by atomic mass is 9.90. The van der Waals surface area contributed by atoms with Crippen LogP contribution in [0.2, 0.25) is 0 Å². The number of likely N-dealkylation sites (tertiary alicyclic amines) is 1. The van der Waals surface area contributed by atoms with Crippen molar-refractivity contribution >= 4 is 17.2 Å². The van der Waals surface area contributed by atoms with Crippen LogP contribution in [0.25, 0.3) is 5.52 Å². The quantitative estimate of drug-likeness (QED) is 0.925. The van der Waals surface area contributed by atoms with E-state index in [2.05, 4.69) is 10.4 Å². The van der Waals surface area contributed by atoms with Crippen molar-refractivity contribution in [3.8, 4) is 0 Å². The molecule has 124 valence electrons. The van der Waals surface area contributed by atoms with E-state index in [-0.39, 0.29) is 17.2 Å². The van der Waals surface area contributed by atoms with E-state index >= 15 is 0 Å². The van der Waals surface area contributed by atoms with Crippen molar-refractivity contribution in [3.05, 3.63) is 24.2 Å². The van der Waals surface area contributed by atoms with E-state index in [1.54, 1.807) is 6.20 Å². The standard InChI is InChI=1S/C17H25N5O/c1-17(2,3)16(23)21-9-5-6-12(10-21)13-11-22-14(7-8-19-22)15(18-4)20-13/h7-8,11-12H,5-6,9-10H2,1-4H3,(H,18,20)/t12-/m1/s1. The minimum Gasteiger partial charge on any atom is -0.371 e. The molecule has 0 aromatic carbocycles. The molecule has 3 heterocycles. The Morgan fingerprint density at radius 3 is 2.87 bits per heavy atom. The van der Waals surface area contributed by atoms with E-state index in [1.807, 2.05) is 49.5 Å². The molecular formula is C17H25N5O. The van der Waals surface area contributed by atoms with Crippen LogP contribution in [0.15, 0.2) is 18.5 Å². The third kappa shape index (κ3) is 3.02. The summed E-state index contributed by atoms with van der Waals surface area (Å²) in [4.78, 5) is 19.3. The highest BCUT2D eigenvalue weighted by molar-refractivity contribution is 5.81. The van der Waals surface area contributed by atoms with Crippen molar-refractivity contribution in [1.82, 2.24) is 19.5 Å². The van der Waals surface area contributed by atoms with Crippen molar-refractivity contribution in [1.29, 1.82) is 0 Å². The molecular weight excluding hydrogens is 290 g/mol. The number of nitrogens with one attached hydrogen (secondary N) is 1. The number of anilines is 1. The van der Waals surface area contributed by atoms with Gasteiger partial charge in [-0.15, -0.1) is 0 Å². The predicted octanol–water partition coefficient (Wildman–Crippen LogP) is 2.52. The average Bonchev–Trinajstić information content (AvgIpc) is 3.01. The van der Waals surface area contributed by atoms with Crippen LogP contribution in [0.3, 0.4) is 0 Å². The summed E-state index contributed by atoms with van der Waals surface area (Å²) in [6.07, 6.45) is 5.83. The van der Waals surface area contributed by atoms with Crippen LogP contribution in [0.5, 0.6) is 0 Å². The van der Waals surface area contributed by atoms with Gasteiger partial charge in [-0.2, -0.15) is 5.10 Å². The van der Waals surface area contributed by atoms with Gasteiger partial charge in [0.05, 0.1) is 18.1 Å². The molecule has 2 aromatic heterocycles. The van der Waals surface area contributed by atoms with Gasteiger partial charge >= 0.3 is 0 Å². The number of amides is 1. The molecule has 0 bridgehead atoms. The van der Waals surface area contributed by atoms with Crippen LogP contribution >= 0.6 is 0 Å². The summed E-state index contributed by atoms with van der Waals surface area (Å²) in [6, 6.07) is 1.94. The lowest BCUT2D eigenvalue weighted by molar-refractivity contribution is -0.140. The summed E-state index contributed by atoms with van der Waals surface area (Å²) >= 11 is 0. The van der Waals surface area contributed by atoms with Gasteiger partial charge in [0.1, 0.15) is 5.52 Å². The fourth-order valence-corrected chi connectivity index (χ4v) is 3.20. The second-order valence-electron chi connectivity index (χ2n) is 7.27. The number of nitrogens with zero attached hydrogens (tertiary/aromatic N) is 4. The van der Waals surface area contributed by atoms with Crippen LogP contribution in [0.1, 0.15) is 45.2 Å². The van der Waals surface area contributed by atoms with Gasteiger partial charge in [-0.1, -0.05) is 20.8 Å². The Bertz CT molecular complexity index is 715. The maximum Gasteiger partial charge on any atom is 0.227 e. The second kappa shape index (κ2) is 5.83. The number of fused-ring (bicyclic) bond motifs is 1. The third-order valence-corrected chi connectivity index (χ3v) is 4.41. The molecule has 1 N–H and O–H groups in total. The fourth-order valence-electron chi connectivity index (χ4n) is 3.20. The smallest absolute Gasteiger partial charge is 0.227 e. The second-order valence-corrected chi connectivity index (χ2v) is 7.27. The highest BCUT2D eigenvalue weighted by atomic mass is 16.2. The Balaban J connectivity index is 1.88. The van der Waals surface area contributed by atoms with Crippen LogP contribution in [-0.4, -0.2) is 45.5 Å². The molecule has 6 heteroatoms. The van der Waals surface area contributed by atoms with Crippen molar-refractivity contribution in [2.75, 3.05) is 25.5 Å². The number of aromatic nitrogens is 3. The number of carbonyl (C=O) groups is 1. The molecule has 0 spiro atoms. The van der Waals surface area contributed by atoms with Gasteiger partial charge < -0.3 is 10.2 Å². The first-order chi connectivity index (χ1) is 10.9. The first-order valence-electron chi connectivity index (χ1n) is 8.21. The molecule has 1 atom stereocenters. The summed E-state index contributed by atoms with van der Waals surface area (Å²) in [7, 11) is 1.87. The summed E-state index contributed by atoms with van der Waals surface area (Å²) in [5.74, 6) is 1.31. The molecule has 0 unspecified atom stereocenters. The Labute approximate surface area is 136 Å². The molecule has 1 fully saturated rings. The van der Waals surface area contributed by atoms with E-state index in [0.717, 1.165) is 43.0 Å². The van der Waals surface area contributed by atoms with E-state index < -0.39 is 0 Å². The zero-order chi connectivity index (χ0) is 16.6. The van der Waals surface area contributed by atoms with Crippen molar-refractivity contribution in [2.45, 2.75) is 39.5 Å². The zero-order valence-electron chi connectivity index (χ0n) is 14.3. The lowest BCUT2D eigenvalue weighted by Crippen LogP contribution is -2.44. The maximum atomic E-state index is 12.6. The maximum absolute atomic E-state index is 12.6. The molecule has 23 heavy (non-hydrogen) atoms. The molecule has 1 aliphatic rings. The molecule has 6 nitrogen and oxygen atoms in total. The van der Waals surface area contributed by atoms with Crippen LogP contribution < -0.4 is 5.32 Å². The Hall–Kier alpha value is -2.11. The first-order valence-corrected chi connectivity index (χ1v) is 8.21. The highest BCUT2D eigenvalue weighted by Crippen LogP contribution is 2.30. The number of hydrogen-bond acceptors (Lipinski definition) is 4. The summed E-state index contributed by atoms with van der Waals surface area (Å²) in [5, 5.41) is 7.47. The SMILES string of the molecule is CNc1nc([C@@H]2CCCN(C(=O)C(C)(C)C)C2)cn2nccc12. The van der Waals surface area contributed by atoms with Gasteiger partial charge in [0.25, 0.3) is 0 Å². The number of rotatable bonds is 2. The summed E-state index contributed by atoms with van der Waals surface area (Å²) < 4.78 is 1.86. The minimum atomic E-state index is -0.336. The van der Waals surface area contributed by atoms with E-state index in [9.17, 15) is 4.79 Å². The first kappa shape index (κ1) is 15.8. The molecule has 2 aromatic rings.